The van der Waals surface area contributed by atoms with Gasteiger partial charge in [-0.2, -0.15) is 5.10 Å². The summed E-state index contributed by atoms with van der Waals surface area (Å²) in [6.07, 6.45) is 8.58. The number of piperidine rings is 1. The summed E-state index contributed by atoms with van der Waals surface area (Å²) in [5.74, 6) is -0.0711. The van der Waals surface area contributed by atoms with Gasteiger partial charge >= 0.3 is 0 Å². The van der Waals surface area contributed by atoms with Gasteiger partial charge in [0.1, 0.15) is 0 Å². The fourth-order valence-corrected chi connectivity index (χ4v) is 4.41. The maximum absolute atomic E-state index is 12.6. The first kappa shape index (κ1) is 15.8. The summed E-state index contributed by atoms with van der Waals surface area (Å²) in [7, 11) is 0. The van der Waals surface area contributed by atoms with Crippen LogP contribution in [0.15, 0.2) is 11.6 Å². The predicted octanol–water partition coefficient (Wildman–Crippen LogP) is 2.91. The largest absolute Gasteiger partial charge is 0.301 e. The number of anilines is 1. The number of amides is 1. The number of aromatic nitrogens is 3. The average molecular weight is 345 g/mol. The van der Waals surface area contributed by atoms with Gasteiger partial charge in [0.15, 0.2) is 5.13 Å². The number of nitrogens with zero attached hydrogens (tertiary/aromatic N) is 3. The molecule has 0 aromatic carbocycles. The second kappa shape index (κ2) is 7.03. The number of rotatable bonds is 4. The Hall–Kier alpha value is -1.73. The summed E-state index contributed by atoms with van der Waals surface area (Å²) in [6, 6.07) is 0. The molecule has 0 radical (unpaired) electrons. The van der Waals surface area contributed by atoms with Gasteiger partial charge in [-0.1, -0.05) is 6.42 Å². The number of carbonyl (C=O) groups excluding carboxylic acids is 1. The van der Waals surface area contributed by atoms with Crippen LogP contribution in [-0.4, -0.2) is 39.1 Å². The second-order valence-corrected chi connectivity index (χ2v) is 7.58. The lowest BCUT2D eigenvalue weighted by atomic mass is 9.86. The number of carbonyl (C=O) groups is 1. The minimum Gasteiger partial charge on any atom is -0.301 e. The zero-order valence-electron chi connectivity index (χ0n) is 13.8. The van der Waals surface area contributed by atoms with Crippen LogP contribution in [0.25, 0.3) is 0 Å². The van der Waals surface area contributed by atoms with E-state index in [2.05, 4.69) is 30.8 Å². The van der Waals surface area contributed by atoms with Gasteiger partial charge in [0.25, 0.3) is 0 Å². The monoisotopic (exact) mass is 345 g/mol. The predicted molar refractivity (Wildman–Crippen MR) is 94.1 cm³/mol. The molecule has 4 rings (SSSR count). The molecule has 1 fully saturated rings. The van der Waals surface area contributed by atoms with Gasteiger partial charge in [-0.05, 0) is 45.2 Å². The summed E-state index contributed by atoms with van der Waals surface area (Å²) >= 11 is 1.52. The van der Waals surface area contributed by atoms with Gasteiger partial charge < -0.3 is 5.32 Å². The minimum absolute atomic E-state index is 0.0382. The first-order chi connectivity index (χ1) is 11.8. The van der Waals surface area contributed by atoms with Crippen LogP contribution >= 0.6 is 11.3 Å². The van der Waals surface area contributed by atoms with Gasteiger partial charge in [-0.25, -0.2) is 4.98 Å². The lowest BCUT2D eigenvalue weighted by Crippen LogP contribution is -2.29. The zero-order valence-corrected chi connectivity index (χ0v) is 14.6. The van der Waals surface area contributed by atoms with Crippen molar-refractivity contribution in [2.45, 2.75) is 51.0 Å². The first-order valence-corrected chi connectivity index (χ1v) is 9.67. The Morgan fingerprint density at radius 2 is 2.21 bits per heavy atom. The van der Waals surface area contributed by atoms with Crippen molar-refractivity contribution in [3.05, 3.63) is 28.5 Å². The molecule has 1 atom stereocenters. The van der Waals surface area contributed by atoms with E-state index in [4.69, 9.17) is 0 Å². The van der Waals surface area contributed by atoms with E-state index in [1.54, 1.807) is 6.20 Å². The third-order valence-electron chi connectivity index (χ3n) is 4.98. The molecule has 2 N–H and O–H groups in total. The van der Waals surface area contributed by atoms with Crippen molar-refractivity contribution in [2.24, 2.45) is 0 Å². The highest BCUT2D eigenvalue weighted by Crippen LogP contribution is 2.31. The summed E-state index contributed by atoms with van der Waals surface area (Å²) in [6.45, 7) is 3.21. The number of aromatic amines is 1. The molecule has 24 heavy (non-hydrogen) atoms. The highest BCUT2D eigenvalue weighted by molar-refractivity contribution is 7.13. The summed E-state index contributed by atoms with van der Waals surface area (Å²) < 4.78 is 0. The van der Waals surface area contributed by atoms with Crippen LogP contribution in [0.2, 0.25) is 0 Å². The summed E-state index contributed by atoms with van der Waals surface area (Å²) in [5, 5.41) is 12.9. The van der Waals surface area contributed by atoms with Crippen molar-refractivity contribution in [2.75, 3.05) is 18.4 Å². The zero-order chi connectivity index (χ0) is 16.4. The van der Waals surface area contributed by atoms with Crippen LogP contribution in [0.1, 0.15) is 55.0 Å². The molecule has 1 saturated heterocycles. The topological polar surface area (TPSA) is 73.9 Å². The van der Waals surface area contributed by atoms with Crippen molar-refractivity contribution >= 4 is 22.4 Å². The molecule has 128 valence electrons. The molecule has 0 spiro atoms. The van der Waals surface area contributed by atoms with E-state index in [0.29, 0.717) is 5.13 Å². The van der Waals surface area contributed by atoms with E-state index >= 15 is 0 Å². The number of likely N-dealkylation sites (tertiary alicyclic amines) is 1. The van der Waals surface area contributed by atoms with Crippen LogP contribution in [0.3, 0.4) is 0 Å². The number of H-pyrrole nitrogens is 1. The Kier molecular flexibility index (Phi) is 4.62. The van der Waals surface area contributed by atoms with Gasteiger partial charge in [0, 0.05) is 23.2 Å². The van der Waals surface area contributed by atoms with Crippen molar-refractivity contribution in [3.63, 3.8) is 0 Å². The van der Waals surface area contributed by atoms with E-state index in [1.807, 2.05) is 0 Å². The number of hydrogen-bond donors (Lipinski definition) is 2. The second-order valence-electron chi connectivity index (χ2n) is 6.72. The normalized spacial score (nSPS) is 21.4. The van der Waals surface area contributed by atoms with Gasteiger partial charge in [0.2, 0.25) is 5.91 Å². The lowest BCUT2D eigenvalue weighted by Gasteiger charge is -2.25. The number of hydrogen-bond acceptors (Lipinski definition) is 5. The van der Waals surface area contributed by atoms with Crippen LogP contribution in [0.5, 0.6) is 0 Å². The molecule has 2 aromatic rings. The van der Waals surface area contributed by atoms with E-state index in [-0.39, 0.29) is 11.8 Å². The van der Waals surface area contributed by atoms with Crippen LogP contribution in [0, 0.1) is 0 Å². The highest BCUT2D eigenvalue weighted by Gasteiger charge is 2.28. The lowest BCUT2D eigenvalue weighted by molar-refractivity contribution is -0.117. The van der Waals surface area contributed by atoms with Crippen molar-refractivity contribution in [1.82, 2.24) is 20.1 Å². The third-order valence-corrected chi connectivity index (χ3v) is 5.79. The molecular weight excluding hydrogens is 322 g/mol. The first-order valence-electron chi connectivity index (χ1n) is 8.79. The molecule has 0 saturated carbocycles. The van der Waals surface area contributed by atoms with Gasteiger partial charge in [-0.3, -0.25) is 14.8 Å². The molecule has 1 amide bonds. The summed E-state index contributed by atoms with van der Waals surface area (Å²) in [5.41, 5.74) is 3.21. The Balaban J connectivity index is 1.38. The molecule has 7 heteroatoms. The molecule has 0 bridgehead atoms. The summed E-state index contributed by atoms with van der Waals surface area (Å²) in [4.78, 5) is 19.7. The highest BCUT2D eigenvalue weighted by atomic mass is 32.1. The number of nitrogens with one attached hydrogen (secondary N) is 2. The van der Waals surface area contributed by atoms with Crippen molar-refractivity contribution in [3.8, 4) is 0 Å². The van der Waals surface area contributed by atoms with Crippen LogP contribution < -0.4 is 5.32 Å². The maximum Gasteiger partial charge on any atom is 0.233 e. The SMILES string of the molecule is O=C(Nc1nc(CN2CCCCC2)cs1)C1CCCc2[nH]ncc21. The van der Waals surface area contributed by atoms with Gasteiger partial charge in [-0.15, -0.1) is 11.3 Å². The smallest absolute Gasteiger partial charge is 0.233 e. The number of thiazole rings is 1. The number of aryl methyl sites for hydroxylation is 1. The van der Waals surface area contributed by atoms with Gasteiger partial charge in [0.05, 0.1) is 17.8 Å². The Labute approximate surface area is 145 Å². The molecule has 6 nitrogen and oxygen atoms in total. The fraction of sp³-hybridized carbons (Fsp3) is 0.588. The standard InChI is InChI=1S/C17H23N5OS/c23-16(13-5-4-6-15-14(13)9-18-21-15)20-17-19-12(11-24-17)10-22-7-2-1-3-8-22/h9,11,13H,1-8,10H2,(H,18,21)(H,19,20,23). The molecule has 1 aliphatic heterocycles. The van der Waals surface area contributed by atoms with E-state index in [0.717, 1.165) is 55.8 Å². The van der Waals surface area contributed by atoms with Crippen molar-refractivity contribution < 1.29 is 4.79 Å². The van der Waals surface area contributed by atoms with Crippen LogP contribution in [-0.2, 0) is 17.8 Å². The fourth-order valence-electron chi connectivity index (χ4n) is 3.71. The Morgan fingerprint density at radius 3 is 3.08 bits per heavy atom. The Morgan fingerprint density at radius 1 is 1.33 bits per heavy atom. The third kappa shape index (κ3) is 3.37. The molecular formula is C17H23N5OS. The van der Waals surface area contributed by atoms with E-state index < -0.39 is 0 Å². The van der Waals surface area contributed by atoms with E-state index in [1.165, 1.54) is 30.6 Å². The van der Waals surface area contributed by atoms with Crippen LogP contribution in [0.4, 0.5) is 5.13 Å². The minimum atomic E-state index is -0.109. The molecule has 3 heterocycles. The molecule has 2 aromatic heterocycles. The molecule has 1 unspecified atom stereocenters. The average Bonchev–Trinajstić information content (AvgIpc) is 3.24. The van der Waals surface area contributed by atoms with E-state index in [9.17, 15) is 4.79 Å². The molecule has 1 aliphatic carbocycles. The maximum atomic E-state index is 12.6. The van der Waals surface area contributed by atoms with Crippen molar-refractivity contribution in [1.29, 1.82) is 0 Å². The Bertz CT molecular complexity index is 703. The number of fused-ring (bicyclic) bond motifs is 1. The molecule has 2 aliphatic rings. The quantitative estimate of drug-likeness (QED) is 0.893.